The van der Waals surface area contributed by atoms with E-state index in [2.05, 4.69) is 20.4 Å². The number of hydrogen-bond acceptors (Lipinski definition) is 7. The highest BCUT2D eigenvalue weighted by atomic mass is 32.2. The summed E-state index contributed by atoms with van der Waals surface area (Å²) in [6.45, 7) is 4.10. The third kappa shape index (κ3) is 3.91. The van der Waals surface area contributed by atoms with E-state index < -0.39 is 0 Å². The Balaban J connectivity index is 1.33. The second kappa shape index (κ2) is 7.92. The van der Waals surface area contributed by atoms with Crippen molar-refractivity contribution in [3.8, 4) is 11.5 Å². The number of aryl methyl sites for hydroxylation is 2. The largest absolute Gasteiger partial charge is 0.454 e. The van der Waals surface area contributed by atoms with E-state index in [1.807, 2.05) is 44.2 Å². The molecule has 2 aromatic heterocycles. The first-order valence-corrected chi connectivity index (χ1v) is 10.7. The van der Waals surface area contributed by atoms with Crippen LogP contribution in [0.15, 0.2) is 53.7 Å². The Kier molecular flexibility index (Phi) is 4.95. The molecular weight excluding hydrogens is 414 g/mol. The maximum absolute atomic E-state index is 12.9. The predicted octanol–water partition coefficient (Wildman–Crippen LogP) is 4.01. The fraction of sp³-hybridized carbons (Fsp3) is 0.182. The van der Waals surface area contributed by atoms with Crippen molar-refractivity contribution in [1.82, 2.24) is 19.6 Å². The lowest BCUT2D eigenvalue weighted by atomic mass is 10.1. The lowest BCUT2D eigenvalue weighted by molar-refractivity contribution is 0.102. The number of anilines is 1. The van der Waals surface area contributed by atoms with Gasteiger partial charge in [0, 0.05) is 34.5 Å². The van der Waals surface area contributed by atoms with Gasteiger partial charge in [0.15, 0.2) is 11.5 Å². The summed E-state index contributed by atoms with van der Waals surface area (Å²) in [5, 5.41) is 8.07. The van der Waals surface area contributed by atoms with Crippen molar-refractivity contribution in [2.24, 2.45) is 0 Å². The molecule has 1 N–H and O–H groups in total. The molecular formula is C22H19N5O3S. The van der Waals surface area contributed by atoms with Gasteiger partial charge in [-0.2, -0.15) is 4.98 Å². The maximum Gasteiger partial charge on any atom is 0.255 e. The van der Waals surface area contributed by atoms with Gasteiger partial charge in [-0.05, 0) is 43.7 Å². The van der Waals surface area contributed by atoms with Gasteiger partial charge in [-0.1, -0.05) is 30.0 Å². The Bertz CT molecular complexity index is 1300. The third-order valence-electron chi connectivity index (χ3n) is 4.85. The Morgan fingerprint density at radius 1 is 1.10 bits per heavy atom. The van der Waals surface area contributed by atoms with Crippen LogP contribution in [0.3, 0.4) is 0 Å². The van der Waals surface area contributed by atoms with E-state index in [4.69, 9.17) is 9.47 Å². The molecule has 2 aromatic carbocycles. The van der Waals surface area contributed by atoms with E-state index in [-0.39, 0.29) is 12.7 Å². The highest BCUT2D eigenvalue weighted by Crippen LogP contribution is 2.34. The summed E-state index contributed by atoms with van der Waals surface area (Å²) in [4.78, 5) is 21.9. The van der Waals surface area contributed by atoms with Crippen LogP contribution in [0.4, 0.5) is 5.69 Å². The van der Waals surface area contributed by atoms with Gasteiger partial charge in [-0.25, -0.2) is 9.50 Å². The van der Waals surface area contributed by atoms with Crippen molar-refractivity contribution in [3.05, 3.63) is 71.0 Å². The first-order valence-electron chi connectivity index (χ1n) is 9.69. The molecule has 0 unspecified atom stereocenters. The van der Waals surface area contributed by atoms with Crippen LogP contribution in [0, 0.1) is 13.8 Å². The molecule has 31 heavy (non-hydrogen) atoms. The van der Waals surface area contributed by atoms with Crippen molar-refractivity contribution >= 4 is 29.1 Å². The SMILES string of the molecule is Cc1cc(C)n2nc(SCc3ccccc3C(=O)Nc3ccc4c(c3)OCO4)nc2n1. The van der Waals surface area contributed by atoms with Gasteiger partial charge in [0.05, 0.1) is 0 Å². The number of hydrogen-bond donors (Lipinski definition) is 1. The van der Waals surface area contributed by atoms with Gasteiger partial charge in [0.2, 0.25) is 11.9 Å². The molecule has 156 valence electrons. The summed E-state index contributed by atoms with van der Waals surface area (Å²) < 4.78 is 12.4. The zero-order valence-corrected chi connectivity index (χ0v) is 17.8. The topological polar surface area (TPSA) is 90.6 Å². The molecule has 0 spiro atoms. The number of benzene rings is 2. The van der Waals surface area contributed by atoms with Crippen molar-refractivity contribution in [1.29, 1.82) is 0 Å². The molecule has 1 amide bonds. The number of carbonyl (C=O) groups is 1. The lowest BCUT2D eigenvalue weighted by Crippen LogP contribution is -2.14. The van der Waals surface area contributed by atoms with Crippen LogP contribution in [-0.2, 0) is 5.75 Å². The Labute approximate surface area is 182 Å². The van der Waals surface area contributed by atoms with Crippen molar-refractivity contribution in [2.45, 2.75) is 24.8 Å². The summed E-state index contributed by atoms with van der Waals surface area (Å²) in [5.41, 5.74) is 4.02. The number of carbonyl (C=O) groups excluding carboxylic acids is 1. The lowest BCUT2D eigenvalue weighted by Gasteiger charge is -2.10. The minimum Gasteiger partial charge on any atom is -0.454 e. The minimum absolute atomic E-state index is 0.189. The van der Waals surface area contributed by atoms with E-state index in [9.17, 15) is 4.79 Å². The molecule has 1 aliphatic rings. The number of nitrogens with one attached hydrogen (secondary N) is 1. The standard InChI is InChI=1S/C22H19N5O3S/c1-13-9-14(2)27-21(23-13)25-22(26-27)31-11-15-5-3-4-6-17(15)20(28)24-16-7-8-18-19(10-16)30-12-29-18/h3-10H,11-12H2,1-2H3,(H,24,28). The van der Waals surface area contributed by atoms with Gasteiger partial charge in [0.25, 0.3) is 11.7 Å². The minimum atomic E-state index is -0.189. The zero-order chi connectivity index (χ0) is 21.4. The zero-order valence-electron chi connectivity index (χ0n) is 17.0. The van der Waals surface area contributed by atoms with E-state index >= 15 is 0 Å². The van der Waals surface area contributed by atoms with E-state index in [1.54, 1.807) is 22.7 Å². The molecule has 8 nitrogen and oxygen atoms in total. The molecule has 0 bridgehead atoms. The molecule has 4 aromatic rings. The van der Waals surface area contributed by atoms with Crippen LogP contribution in [0.5, 0.6) is 11.5 Å². The van der Waals surface area contributed by atoms with E-state index in [0.717, 1.165) is 17.0 Å². The van der Waals surface area contributed by atoms with Gasteiger partial charge in [0.1, 0.15) is 0 Å². The van der Waals surface area contributed by atoms with Crippen LogP contribution in [0.1, 0.15) is 27.3 Å². The Hall–Kier alpha value is -3.59. The molecule has 5 rings (SSSR count). The fourth-order valence-corrected chi connectivity index (χ4v) is 4.21. The number of thioether (sulfide) groups is 1. The summed E-state index contributed by atoms with van der Waals surface area (Å²) in [6, 6.07) is 14.8. The van der Waals surface area contributed by atoms with Crippen molar-refractivity contribution < 1.29 is 14.3 Å². The molecule has 0 fully saturated rings. The highest BCUT2D eigenvalue weighted by molar-refractivity contribution is 7.98. The summed E-state index contributed by atoms with van der Waals surface area (Å²) in [6.07, 6.45) is 0. The summed E-state index contributed by atoms with van der Waals surface area (Å²) in [5.74, 6) is 2.24. The Morgan fingerprint density at radius 2 is 1.94 bits per heavy atom. The van der Waals surface area contributed by atoms with Gasteiger partial charge in [-0.3, -0.25) is 4.79 Å². The van der Waals surface area contributed by atoms with Crippen LogP contribution >= 0.6 is 11.8 Å². The van der Waals surface area contributed by atoms with Gasteiger partial charge >= 0.3 is 0 Å². The second-order valence-corrected chi connectivity index (χ2v) is 8.06. The number of rotatable bonds is 5. The quantitative estimate of drug-likeness (QED) is 0.476. The molecule has 0 saturated carbocycles. The van der Waals surface area contributed by atoms with Crippen molar-refractivity contribution in [3.63, 3.8) is 0 Å². The molecule has 0 atom stereocenters. The van der Waals surface area contributed by atoms with Crippen LogP contribution in [0.25, 0.3) is 5.78 Å². The number of nitrogens with zero attached hydrogens (tertiary/aromatic N) is 4. The molecule has 0 aliphatic carbocycles. The molecule has 9 heteroatoms. The first-order chi connectivity index (χ1) is 15.1. The van der Waals surface area contributed by atoms with E-state index in [1.165, 1.54) is 11.8 Å². The van der Waals surface area contributed by atoms with Crippen LogP contribution in [0.2, 0.25) is 0 Å². The molecule has 1 aliphatic heterocycles. The van der Waals surface area contributed by atoms with Gasteiger partial charge < -0.3 is 14.8 Å². The summed E-state index contributed by atoms with van der Waals surface area (Å²) in [7, 11) is 0. The normalized spacial score (nSPS) is 12.3. The maximum atomic E-state index is 12.9. The number of ether oxygens (including phenoxy) is 2. The second-order valence-electron chi connectivity index (χ2n) is 7.11. The Morgan fingerprint density at radius 3 is 2.84 bits per heavy atom. The summed E-state index contributed by atoms with van der Waals surface area (Å²) >= 11 is 1.47. The number of fused-ring (bicyclic) bond motifs is 2. The molecule has 3 heterocycles. The number of amides is 1. The average molecular weight is 433 g/mol. The average Bonchev–Trinajstić information content (AvgIpc) is 3.38. The van der Waals surface area contributed by atoms with E-state index in [0.29, 0.717) is 39.4 Å². The van der Waals surface area contributed by atoms with Crippen LogP contribution < -0.4 is 14.8 Å². The molecule has 0 radical (unpaired) electrons. The molecule has 0 saturated heterocycles. The van der Waals surface area contributed by atoms with Crippen molar-refractivity contribution in [2.75, 3.05) is 12.1 Å². The van der Waals surface area contributed by atoms with Crippen LogP contribution in [-0.4, -0.2) is 32.3 Å². The monoisotopic (exact) mass is 433 g/mol. The van der Waals surface area contributed by atoms with Gasteiger partial charge in [-0.15, -0.1) is 5.10 Å². The number of aromatic nitrogens is 4. The smallest absolute Gasteiger partial charge is 0.255 e. The fourth-order valence-electron chi connectivity index (χ4n) is 3.39. The first kappa shape index (κ1) is 19.4. The third-order valence-corrected chi connectivity index (χ3v) is 5.73. The highest BCUT2D eigenvalue weighted by Gasteiger charge is 2.17. The predicted molar refractivity (Wildman–Crippen MR) is 117 cm³/mol.